The van der Waals surface area contributed by atoms with Crippen molar-refractivity contribution in [2.24, 2.45) is 0 Å². The van der Waals surface area contributed by atoms with Crippen LogP contribution >= 0.6 is 0 Å². The van der Waals surface area contributed by atoms with E-state index in [1.807, 2.05) is 0 Å². The second-order valence-corrected chi connectivity index (χ2v) is 7.25. The number of carbonyl (C=O) groups excluding carboxylic acids is 3. The Hall–Kier alpha value is -3.35. The van der Waals surface area contributed by atoms with Gasteiger partial charge in [-0.1, -0.05) is 18.2 Å². The molecule has 1 fully saturated rings. The van der Waals surface area contributed by atoms with Crippen LogP contribution in [0.2, 0.25) is 0 Å². The normalized spacial score (nSPS) is 15.4. The summed E-state index contributed by atoms with van der Waals surface area (Å²) in [5, 5.41) is 0. The lowest BCUT2D eigenvalue weighted by Gasteiger charge is -2.26. The maximum Gasteiger partial charge on any atom is 0.339 e. The number of benzene rings is 2. The van der Waals surface area contributed by atoms with E-state index < -0.39 is 5.97 Å². The molecule has 2 aliphatic heterocycles. The van der Waals surface area contributed by atoms with Gasteiger partial charge in [-0.15, -0.1) is 0 Å². The van der Waals surface area contributed by atoms with Crippen molar-refractivity contribution in [2.75, 3.05) is 32.9 Å². The molecule has 2 aliphatic rings. The molecule has 1 saturated heterocycles. The predicted octanol–water partition coefficient (Wildman–Crippen LogP) is 2.86. The zero-order chi connectivity index (χ0) is 20.9. The van der Waals surface area contributed by atoms with Crippen molar-refractivity contribution >= 4 is 17.7 Å². The minimum absolute atomic E-state index is 0.129. The molecular weight excluding hydrogens is 386 g/mol. The number of esters is 1. The number of rotatable bonds is 5. The summed E-state index contributed by atoms with van der Waals surface area (Å²) in [5.41, 5.74) is 0.720. The second-order valence-electron chi connectivity index (χ2n) is 7.25. The Bertz CT molecular complexity index is 964. The lowest BCUT2D eigenvalue weighted by atomic mass is 9.98. The highest BCUT2D eigenvalue weighted by Crippen LogP contribution is 2.31. The molecule has 0 aliphatic carbocycles. The van der Waals surface area contributed by atoms with Crippen molar-refractivity contribution in [2.45, 2.75) is 19.3 Å². The first-order valence-electron chi connectivity index (χ1n) is 10.1. The standard InChI is InChI=1S/C23H23NO6/c25-21(24-10-4-1-5-11-24)15-30-23(27)18-7-3-2-6-17(18)22(26)16-8-9-19-20(14-16)29-13-12-28-19/h2-3,6-9,14H,1,4-5,10-13,15H2. The van der Waals surface area contributed by atoms with Gasteiger partial charge in [-0.25, -0.2) is 4.79 Å². The number of piperidine rings is 1. The smallest absolute Gasteiger partial charge is 0.339 e. The molecule has 0 bridgehead atoms. The number of ether oxygens (including phenoxy) is 3. The van der Waals surface area contributed by atoms with Crippen LogP contribution in [-0.2, 0) is 9.53 Å². The first-order valence-corrected chi connectivity index (χ1v) is 10.1. The molecule has 2 aromatic carbocycles. The van der Waals surface area contributed by atoms with E-state index in [-0.39, 0.29) is 29.4 Å². The molecule has 156 valence electrons. The molecule has 0 unspecified atom stereocenters. The molecular formula is C23H23NO6. The summed E-state index contributed by atoms with van der Waals surface area (Å²) in [5.74, 6) is -0.150. The predicted molar refractivity (Wildman–Crippen MR) is 108 cm³/mol. The molecule has 1 amide bonds. The fraction of sp³-hybridized carbons (Fsp3) is 0.348. The number of ketones is 1. The van der Waals surface area contributed by atoms with Crippen LogP contribution in [0.4, 0.5) is 0 Å². The van der Waals surface area contributed by atoms with E-state index >= 15 is 0 Å². The zero-order valence-corrected chi connectivity index (χ0v) is 16.6. The highest BCUT2D eigenvalue weighted by atomic mass is 16.6. The van der Waals surface area contributed by atoms with Crippen LogP contribution in [0.15, 0.2) is 42.5 Å². The fourth-order valence-corrected chi connectivity index (χ4v) is 3.64. The molecule has 0 N–H and O–H groups in total. The largest absolute Gasteiger partial charge is 0.486 e. The van der Waals surface area contributed by atoms with Gasteiger partial charge < -0.3 is 19.1 Å². The van der Waals surface area contributed by atoms with E-state index in [0.29, 0.717) is 43.4 Å². The number of likely N-dealkylation sites (tertiary alicyclic amines) is 1. The van der Waals surface area contributed by atoms with Crippen LogP contribution in [0.25, 0.3) is 0 Å². The van der Waals surface area contributed by atoms with E-state index in [0.717, 1.165) is 19.3 Å². The molecule has 0 radical (unpaired) electrons. The Balaban J connectivity index is 1.48. The molecule has 2 heterocycles. The Morgan fingerprint density at radius 2 is 1.57 bits per heavy atom. The Morgan fingerprint density at radius 3 is 2.33 bits per heavy atom. The molecule has 2 aromatic rings. The minimum Gasteiger partial charge on any atom is -0.486 e. The highest BCUT2D eigenvalue weighted by Gasteiger charge is 2.23. The van der Waals surface area contributed by atoms with Crippen molar-refractivity contribution < 1.29 is 28.6 Å². The Morgan fingerprint density at radius 1 is 0.867 bits per heavy atom. The summed E-state index contributed by atoms with van der Waals surface area (Å²) in [4.78, 5) is 39.7. The average Bonchev–Trinajstić information content (AvgIpc) is 2.82. The van der Waals surface area contributed by atoms with Gasteiger partial charge in [0.15, 0.2) is 23.9 Å². The van der Waals surface area contributed by atoms with Gasteiger partial charge in [0, 0.05) is 24.2 Å². The van der Waals surface area contributed by atoms with Gasteiger partial charge in [-0.3, -0.25) is 9.59 Å². The third-order valence-electron chi connectivity index (χ3n) is 5.23. The number of hydrogen-bond acceptors (Lipinski definition) is 6. The van der Waals surface area contributed by atoms with Crippen LogP contribution in [0.5, 0.6) is 11.5 Å². The van der Waals surface area contributed by atoms with Crippen molar-refractivity contribution in [3.05, 3.63) is 59.2 Å². The van der Waals surface area contributed by atoms with Crippen LogP contribution in [0, 0.1) is 0 Å². The van der Waals surface area contributed by atoms with E-state index in [1.165, 1.54) is 6.07 Å². The molecule has 0 aromatic heterocycles. The third-order valence-corrected chi connectivity index (χ3v) is 5.23. The van der Waals surface area contributed by atoms with Gasteiger partial charge >= 0.3 is 5.97 Å². The zero-order valence-electron chi connectivity index (χ0n) is 16.6. The summed E-state index contributed by atoms with van der Waals surface area (Å²) in [6.45, 7) is 1.93. The summed E-state index contributed by atoms with van der Waals surface area (Å²) in [6, 6.07) is 11.4. The Kier molecular flexibility index (Phi) is 5.97. The van der Waals surface area contributed by atoms with Crippen LogP contribution in [0.1, 0.15) is 45.5 Å². The monoisotopic (exact) mass is 409 g/mol. The Labute approximate surface area is 174 Å². The lowest BCUT2D eigenvalue weighted by Crippen LogP contribution is -2.38. The minimum atomic E-state index is -0.693. The topological polar surface area (TPSA) is 82.1 Å². The van der Waals surface area contributed by atoms with Gasteiger partial charge in [-0.2, -0.15) is 0 Å². The third kappa shape index (κ3) is 4.30. The van der Waals surface area contributed by atoms with Crippen molar-refractivity contribution in [1.29, 1.82) is 0 Å². The maximum absolute atomic E-state index is 13.1. The lowest BCUT2D eigenvalue weighted by molar-refractivity contribution is -0.135. The first kappa shape index (κ1) is 19.9. The fourth-order valence-electron chi connectivity index (χ4n) is 3.64. The van der Waals surface area contributed by atoms with Crippen LogP contribution < -0.4 is 9.47 Å². The summed E-state index contributed by atoms with van der Waals surface area (Å²) >= 11 is 0. The van der Waals surface area contributed by atoms with Crippen molar-refractivity contribution in [3.63, 3.8) is 0 Å². The molecule has 0 atom stereocenters. The number of hydrogen-bond donors (Lipinski definition) is 0. The molecule has 7 nitrogen and oxygen atoms in total. The van der Waals surface area contributed by atoms with Crippen LogP contribution in [0.3, 0.4) is 0 Å². The molecule has 0 spiro atoms. The summed E-state index contributed by atoms with van der Waals surface area (Å²) in [6.07, 6.45) is 3.04. The van der Waals surface area contributed by atoms with Gasteiger partial charge in [0.05, 0.1) is 5.56 Å². The van der Waals surface area contributed by atoms with Gasteiger partial charge in [-0.05, 0) is 43.5 Å². The van der Waals surface area contributed by atoms with E-state index in [4.69, 9.17) is 14.2 Å². The number of carbonyl (C=O) groups is 3. The van der Waals surface area contributed by atoms with E-state index in [9.17, 15) is 14.4 Å². The number of nitrogens with zero attached hydrogens (tertiary/aromatic N) is 1. The number of amides is 1. The quantitative estimate of drug-likeness (QED) is 0.558. The van der Waals surface area contributed by atoms with E-state index in [1.54, 1.807) is 41.3 Å². The molecule has 7 heteroatoms. The SMILES string of the molecule is O=C(OCC(=O)N1CCCCC1)c1ccccc1C(=O)c1ccc2c(c1)OCCO2. The highest BCUT2D eigenvalue weighted by molar-refractivity contribution is 6.14. The summed E-state index contributed by atoms with van der Waals surface area (Å²) in [7, 11) is 0. The maximum atomic E-state index is 13.1. The average molecular weight is 409 g/mol. The van der Waals surface area contributed by atoms with Crippen LogP contribution in [-0.4, -0.2) is 55.5 Å². The van der Waals surface area contributed by atoms with Crippen molar-refractivity contribution in [3.8, 4) is 11.5 Å². The second kappa shape index (κ2) is 8.98. The van der Waals surface area contributed by atoms with Gasteiger partial charge in [0.1, 0.15) is 13.2 Å². The number of fused-ring (bicyclic) bond motifs is 1. The van der Waals surface area contributed by atoms with E-state index in [2.05, 4.69) is 0 Å². The van der Waals surface area contributed by atoms with Gasteiger partial charge in [0.25, 0.3) is 5.91 Å². The molecule has 30 heavy (non-hydrogen) atoms. The first-order chi connectivity index (χ1) is 14.6. The molecule has 0 saturated carbocycles. The molecule has 4 rings (SSSR count). The summed E-state index contributed by atoms with van der Waals surface area (Å²) < 4.78 is 16.3. The van der Waals surface area contributed by atoms with Gasteiger partial charge in [0.2, 0.25) is 0 Å². The van der Waals surface area contributed by atoms with Crippen molar-refractivity contribution in [1.82, 2.24) is 4.90 Å².